The van der Waals surface area contributed by atoms with E-state index in [1.54, 1.807) is 12.3 Å². The minimum atomic E-state index is -0.152. The first-order chi connectivity index (χ1) is 7.58. The average molecular weight is 222 g/mol. The molecular formula is C12H18N2O2. The van der Waals surface area contributed by atoms with Crippen molar-refractivity contribution in [3.63, 3.8) is 0 Å². The minimum Gasteiger partial charge on any atom is -0.356 e. The molecule has 0 spiro atoms. The number of hydrogen-bond acceptors (Lipinski definition) is 2. The first kappa shape index (κ1) is 12.5. The Morgan fingerprint density at radius 1 is 1.38 bits per heavy atom. The zero-order valence-electron chi connectivity index (χ0n) is 9.96. The third kappa shape index (κ3) is 2.95. The van der Waals surface area contributed by atoms with Gasteiger partial charge in [-0.05, 0) is 25.8 Å². The van der Waals surface area contributed by atoms with Gasteiger partial charge in [-0.1, -0.05) is 13.8 Å². The van der Waals surface area contributed by atoms with Crippen LogP contribution in [0.2, 0.25) is 0 Å². The number of aromatic nitrogens is 1. The smallest absolute Gasteiger partial charge is 0.267 e. The maximum atomic E-state index is 11.8. The van der Waals surface area contributed by atoms with E-state index in [1.807, 2.05) is 13.8 Å². The SMILES string of the molecule is CCC(CC)NC(=O)c1cc(C(C)=O)c[nH]1. The fourth-order valence-corrected chi connectivity index (χ4v) is 1.48. The molecule has 0 aliphatic rings. The number of carbonyl (C=O) groups excluding carboxylic acids is 2. The molecular weight excluding hydrogens is 204 g/mol. The van der Waals surface area contributed by atoms with E-state index in [9.17, 15) is 9.59 Å². The van der Waals surface area contributed by atoms with E-state index in [0.29, 0.717) is 11.3 Å². The molecule has 1 aromatic heterocycles. The van der Waals surface area contributed by atoms with E-state index >= 15 is 0 Å². The molecule has 1 amide bonds. The summed E-state index contributed by atoms with van der Waals surface area (Å²) < 4.78 is 0. The Morgan fingerprint density at radius 3 is 2.44 bits per heavy atom. The van der Waals surface area contributed by atoms with E-state index < -0.39 is 0 Å². The van der Waals surface area contributed by atoms with Crippen LogP contribution >= 0.6 is 0 Å². The molecule has 0 bridgehead atoms. The lowest BCUT2D eigenvalue weighted by atomic mass is 10.1. The molecule has 1 rings (SSSR count). The Morgan fingerprint density at radius 2 is 2.00 bits per heavy atom. The molecule has 0 aliphatic carbocycles. The van der Waals surface area contributed by atoms with Crippen LogP contribution in [0.5, 0.6) is 0 Å². The van der Waals surface area contributed by atoms with Gasteiger partial charge in [0.05, 0.1) is 0 Å². The summed E-state index contributed by atoms with van der Waals surface area (Å²) in [6, 6.07) is 1.77. The maximum Gasteiger partial charge on any atom is 0.267 e. The van der Waals surface area contributed by atoms with Crippen molar-refractivity contribution in [3.8, 4) is 0 Å². The number of rotatable bonds is 5. The van der Waals surface area contributed by atoms with Crippen LogP contribution in [0.3, 0.4) is 0 Å². The van der Waals surface area contributed by atoms with Gasteiger partial charge in [-0.25, -0.2) is 0 Å². The van der Waals surface area contributed by atoms with Gasteiger partial charge in [0.25, 0.3) is 5.91 Å². The molecule has 4 heteroatoms. The van der Waals surface area contributed by atoms with Gasteiger partial charge in [0.15, 0.2) is 5.78 Å². The van der Waals surface area contributed by atoms with Crippen LogP contribution in [0.25, 0.3) is 0 Å². The molecule has 1 heterocycles. The second-order valence-corrected chi connectivity index (χ2v) is 3.85. The van der Waals surface area contributed by atoms with Crippen molar-refractivity contribution in [2.45, 2.75) is 39.7 Å². The Labute approximate surface area is 95.4 Å². The van der Waals surface area contributed by atoms with Crippen molar-refractivity contribution >= 4 is 11.7 Å². The second-order valence-electron chi connectivity index (χ2n) is 3.85. The first-order valence-electron chi connectivity index (χ1n) is 5.58. The van der Waals surface area contributed by atoms with Gasteiger partial charge >= 0.3 is 0 Å². The molecule has 16 heavy (non-hydrogen) atoms. The summed E-state index contributed by atoms with van der Waals surface area (Å²) in [5.74, 6) is -0.195. The number of aromatic amines is 1. The molecule has 0 fully saturated rings. The summed E-state index contributed by atoms with van der Waals surface area (Å²) in [4.78, 5) is 25.6. The largest absolute Gasteiger partial charge is 0.356 e. The van der Waals surface area contributed by atoms with Gasteiger partial charge in [0, 0.05) is 17.8 Å². The predicted molar refractivity (Wildman–Crippen MR) is 62.6 cm³/mol. The molecule has 0 saturated heterocycles. The third-order valence-corrected chi connectivity index (χ3v) is 2.65. The molecule has 0 atom stereocenters. The number of nitrogens with one attached hydrogen (secondary N) is 2. The van der Waals surface area contributed by atoms with Crippen molar-refractivity contribution in [2.75, 3.05) is 0 Å². The van der Waals surface area contributed by atoms with Crippen molar-refractivity contribution in [1.82, 2.24) is 10.3 Å². The van der Waals surface area contributed by atoms with Gasteiger partial charge < -0.3 is 10.3 Å². The summed E-state index contributed by atoms with van der Waals surface area (Å²) >= 11 is 0. The topological polar surface area (TPSA) is 62.0 Å². The van der Waals surface area contributed by atoms with E-state index in [-0.39, 0.29) is 17.7 Å². The number of ketones is 1. The minimum absolute atomic E-state index is 0.0437. The summed E-state index contributed by atoms with van der Waals surface area (Å²) in [5, 5.41) is 2.90. The maximum absolute atomic E-state index is 11.8. The highest BCUT2D eigenvalue weighted by Gasteiger charge is 2.13. The lowest BCUT2D eigenvalue weighted by Crippen LogP contribution is -2.33. The van der Waals surface area contributed by atoms with Gasteiger partial charge in [-0.3, -0.25) is 9.59 Å². The second kappa shape index (κ2) is 5.49. The van der Waals surface area contributed by atoms with Crippen molar-refractivity contribution in [1.29, 1.82) is 0 Å². The monoisotopic (exact) mass is 222 g/mol. The molecule has 0 aliphatic heterocycles. The fraction of sp³-hybridized carbons (Fsp3) is 0.500. The Hall–Kier alpha value is -1.58. The number of amides is 1. The Kier molecular flexibility index (Phi) is 4.28. The molecule has 0 unspecified atom stereocenters. The van der Waals surface area contributed by atoms with Crippen LogP contribution in [0.4, 0.5) is 0 Å². The van der Waals surface area contributed by atoms with Crippen LogP contribution < -0.4 is 5.32 Å². The molecule has 2 N–H and O–H groups in total. The molecule has 0 saturated carbocycles. The standard InChI is InChI=1S/C12H18N2O2/c1-4-10(5-2)14-12(16)11-6-9(7-13-11)8(3)15/h6-7,10,13H,4-5H2,1-3H3,(H,14,16). The highest BCUT2D eigenvalue weighted by atomic mass is 16.2. The zero-order valence-corrected chi connectivity index (χ0v) is 9.96. The zero-order chi connectivity index (χ0) is 12.1. The van der Waals surface area contributed by atoms with Crippen molar-refractivity contribution in [2.24, 2.45) is 0 Å². The van der Waals surface area contributed by atoms with E-state index in [0.717, 1.165) is 12.8 Å². The molecule has 1 aromatic rings. The van der Waals surface area contributed by atoms with E-state index in [1.165, 1.54) is 6.92 Å². The number of carbonyl (C=O) groups is 2. The van der Waals surface area contributed by atoms with Gasteiger partial charge in [-0.2, -0.15) is 0 Å². The molecule has 4 nitrogen and oxygen atoms in total. The van der Waals surface area contributed by atoms with Crippen LogP contribution in [0.1, 0.15) is 54.5 Å². The first-order valence-corrected chi connectivity index (χ1v) is 5.58. The highest BCUT2D eigenvalue weighted by molar-refractivity contribution is 5.99. The number of hydrogen-bond donors (Lipinski definition) is 2. The van der Waals surface area contributed by atoms with E-state index in [2.05, 4.69) is 10.3 Å². The quantitative estimate of drug-likeness (QED) is 0.750. The van der Waals surface area contributed by atoms with Crippen LogP contribution in [0, 0.1) is 0 Å². The van der Waals surface area contributed by atoms with Gasteiger partial charge in [0.1, 0.15) is 5.69 Å². The summed E-state index contributed by atoms with van der Waals surface area (Å²) in [6.07, 6.45) is 3.37. The van der Waals surface area contributed by atoms with Gasteiger partial charge in [-0.15, -0.1) is 0 Å². The average Bonchev–Trinajstić information content (AvgIpc) is 2.74. The predicted octanol–water partition coefficient (Wildman–Crippen LogP) is 2.14. The summed E-state index contributed by atoms with van der Waals surface area (Å²) in [6.45, 7) is 5.54. The number of H-pyrrole nitrogens is 1. The Bertz CT molecular complexity index is 378. The highest BCUT2D eigenvalue weighted by Crippen LogP contribution is 2.05. The third-order valence-electron chi connectivity index (χ3n) is 2.65. The van der Waals surface area contributed by atoms with Crippen LogP contribution in [-0.4, -0.2) is 22.7 Å². The molecule has 0 radical (unpaired) electrons. The molecule has 88 valence electrons. The van der Waals surface area contributed by atoms with E-state index in [4.69, 9.17) is 0 Å². The van der Waals surface area contributed by atoms with Crippen LogP contribution in [-0.2, 0) is 0 Å². The summed E-state index contributed by atoms with van der Waals surface area (Å²) in [5.41, 5.74) is 0.979. The Balaban J connectivity index is 2.69. The lowest BCUT2D eigenvalue weighted by Gasteiger charge is -2.13. The number of Topliss-reactive ketones (excluding diaryl/α,β-unsaturated/α-hetero) is 1. The summed E-state index contributed by atoms with van der Waals surface area (Å²) in [7, 11) is 0. The fourth-order valence-electron chi connectivity index (χ4n) is 1.48. The van der Waals surface area contributed by atoms with Crippen LogP contribution in [0.15, 0.2) is 12.3 Å². The van der Waals surface area contributed by atoms with Gasteiger partial charge in [0.2, 0.25) is 0 Å². The normalized spacial score (nSPS) is 10.5. The lowest BCUT2D eigenvalue weighted by molar-refractivity contribution is 0.0930. The van der Waals surface area contributed by atoms with Crippen molar-refractivity contribution in [3.05, 3.63) is 23.5 Å². The van der Waals surface area contributed by atoms with Crippen molar-refractivity contribution < 1.29 is 9.59 Å². The molecule has 0 aromatic carbocycles.